The van der Waals surface area contributed by atoms with Crippen LogP contribution < -0.4 is 0 Å². The zero-order valence-corrected chi connectivity index (χ0v) is 12.3. The lowest BCUT2D eigenvalue weighted by molar-refractivity contribution is -0.702. The van der Waals surface area contributed by atoms with Crippen molar-refractivity contribution in [2.45, 2.75) is 84.0 Å². The summed E-state index contributed by atoms with van der Waals surface area (Å²) in [4.78, 5) is 4.56. The molecule has 0 aromatic heterocycles. The standard InChI is InChI=1S/C14H30O5/c1-2-3-4-5-6-7-8-9-10-11-12-13-14-16-18-19-17-15/h15H,2-14H2,1H3. The predicted molar refractivity (Wildman–Crippen MR) is 72.9 cm³/mol. The maximum Gasteiger partial charge on any atom is 0.0855 e. The van der Waals surface area contributed by atoms with Crippen molar-refractivity contribution in [3.05, 3.63) is 0 Å². The van der Waals surface area contributed by atoms with Gasteiger partial charge in [-0.25, -0.2) is 10.1 Å². The highest BCUT2D eigenvalue weighted by Crippen LogP contribution is 2.11. The lowest BCUT2D eigenvalue weighted by atomic mass is 10.1. The Bertz CT molecular complexity index is 139. The summed E-state index contributed by atoms with van der Waals surface area (Å²) in [5.74, 6) is 0. The molecule has 0 saturated heterocycles. The molecule has 0 aliphatic rings. The third kappa shape index (κ3) is 17.8. The lowest BCUT2D eigenvalue weighted by Gasteiger charge is -2.02. The molecule has 5 nitrogen and oxygen atoms in total. The van der Waals surface area contributed by atoms with Gasteiger partial charge in [-0.15, -0.1) is 0 Å². The van der Waals surface area contributed by atoms with E-state index in [0.29, 0.717) is 6.61 Å². The zero-order valence-electron chi connectivity index (χ0n) is 12.3. The fourth-order valence-corrected chi connectivity index (χ4v) is 2.07. The molecule has 1 N–H and O–H groups in total. The molecule has 0 aliphatic carbocycles. The monoisotopic (exact) mass is 278 g/mol. The van der Waals surface area contributed by atoms with Crippen LogP contribution in [-0.2, 0) is 20.0 Å². The zero-order chi connectivity index (χ0) is 14.0. The van der Waals surface area contributed by atoms with E-state index in [1.807, 2.05) is 0 Å². The van der Waals surface area contributed by atoms with Crippen molar-refractivity contribution in [2.24, 2.45) is 0 Å². The quantitative estimate of drug-likeness (QED) is 0.245. The molecular weight excluding hydrogens is 248 g/mol. The lowest BCUT2D eigenvalue weighted by Crippen LogP contribution is -1.97. The molecule has 0 rings (SSSR count). The van der Waals surface area contributed by atoms with E-state index in [2.05, 4.69) is 26.9 Å². The van der Waals surface area contributed by atoms with Crippen molar-refractivity contribution in [1.29, 1.82) is 0 Å². The molecule has 0 aromatic carbocycles. The summed E-state index contributed by atoms with van der Waals surface area (Å²) in [5, 5.41) is 18.6. The van der Waals surface area contributed by atoms with Crippen molar-refractivity contribution in [2.75, 3.05) is 6.61 Å². The first-order valence-electron chi connectivity index (χ1n) is 7.68. The molecular formula is C14H30O5. The molecule has 0 radical (unpaired) electrons. The van der Waals surface area contributed by atoms with Crippen molar-refractivity contribution >= 4 is 0 Å². The largest absolute Gasteiger partial charge is 0.219 e. The maximum atomic E-state index is 7.74. The van der Waals surface area contributed by atoms with Gasteiger partial charge in [0.1, 0.15) is 0 Å². The van der Waals surface area contributed by atoms with E-state index in [4.69, 9.17) is 5.26 Å². The number of hydrogen-bond acceptors (Lipinski definition) is 5. The van der Waals surface area contributed by atoms with E-state index in [9.17, 15) is 0 Å². The van der Waals surface area contributed by atoms with E-state index in [1.165, 1.54) is 64.2 Å². The Morgan fingerprint density at radius 1 is 0.632 bits per heavy atom. The SMILES string of the molecule is CCCCCCCCCCCCCCOOOOO. The fourth-order valence-electron chi connectivity index (χ4n) is 2.07. The number of unbranched alkanes of at least 4 members (excludes halogenated alkanes) is 11. The molecule has 0 atom stereocenters. The minimum absolute atomic E-state index is 0.445. The normalized spacial score (nSPS) is 11.1. The Morgan fingerprint density at radius 2 is 1.11 bits per heavy atom. The first-order chi connectivity index (χ1) is 9.41. The minimum atomic E-state index is 0.445. The summed E-state index contributed by atoms with van der Waals surface area (Å²) >= 11 is 0. The highest BCUT2D eigenvalue weighted by atomic mass is 17.8. The summed E-state index contributed by atoms with van der Waals surface area (Å²) < 4.78 is 0. The van der Waals surface area contributed by atoms with Gasteiger partial charge in [-0.1, -0.05) is 77.6 Å². The molecule has 0 unspecified atom stereocenters. The van der Waals surface area contributed by atoms with Gasteiger partial charge in [-0.2, -0.15) is 0 Å². The van der Waals surface area contributed by atoms with Crippen LogP contribution in [0.3, 0.4) is 0 Å². The van der Waals surface area contributed by atoms with Crippen molar-refractivity contribution in [3.8, 4) is 0 Å². The Kier molecular flexibility index (Phi) is 17.6. The van der Waals surface area contributed by atoms with E-state index >= 15 is 0 Å². The molecule has 19 heavy (non-hydrogen) atoms. The third-order valence-corrected chi connectivity index (χ3v) is 3.19. The fraction of sp³-hybridized carbons (Fsp3) is 1.00. The van der Waals surface area contributed by atoms with Gasteiger partial charge in [-0.3, -0.25) is 0 Å². The molecule has 116 valence electrons. The van der Waals surface area contributed by atoms with Gasteiger partial charge < -0.3 is 0 Å². The molecule has 0 fully saturated rings. The van der Waals surface area contributed by atoms with Gasteiger partial charge in [-0.05, 0) is 21.5 Å². The van der Waals surface area contributed by atoms with E-state index in [-0.39, 0.29) is 0 Å². The number of hydrogen-bond donors (Lipinski definition) is 1. The van der Waals surface area contributed by atoms with Crippen LogP contribution >= 0.6 is 0 Å². The summed E-state index contributed by atoms with van der Waals surface area (Å²) in [6, 6.07) is 0. The van der Waals surface area contributed by atoms with Crippen LogP contribution in [0.25, 0.3) is 0 Å². The van der Waals surface area contributed by atoms with Crippen LogP contribution in [0.2, 0.25) is 0 Å². The Balaban J connectivity index is 2.88. The van der Waals surface area contributed by atoms with Gasteiger partial charge in [0.05, 0.1) is 6.61 Å². The van der Waals surface area contributed by atoms with Crippen molar-refractivity contribution in [3.63, 3.8) is 0 Å². The van der Waals surface area contributed by atoms with Crippen LogP contribution in [0.4, 0.5) is 0 Å². The van der Waals surface area contributed by atoms with E-state index in [0.717, 1.165) is 12.8 Å². The molecule has 0 aliphatic heterocycles. The third-order valence-electron chi connectivity index (χ3n) is 3.19. The molecule has 0 spiro atoms. The Hall–Kier alpha value is -0.200. The average molecular weight is 278 g/mol. The predicted octanol–water partition coefficient (Wildman–Crippen LogP) is 4.97. The smallest absolute Gasteiger partial charge is 0.0855 e. The minimum Gasteiger partial charge on any atom is -0.219 e. The van der Waals surface area contributed by atoms with Gasteiger partial charge >= 0.3 is 0 Å². The van der Waals surface area contributed by atoms with Crippen LogP contribution in [-0.4, -0.2) is 11.9 Å². The van der Waals surface area contributed by atoms with E-state index < -0.39 is 0 Å². The summed E-state index contributed by atoms with van der Waals surface area (Å²) in [6.45, 7) is 2.70. The van der Waals surface area contributed by atoms with E-state index in [1.54, 1.807) is 0 Å². The molecule has 0 amide bonds. The van der Waals surface area contributed by atoms with Crippen LogP contribution in [0, 0.1) is 0 Å². The molecule has 5 heteroatoms. The second-order valence-electron chi connectivity index (χ2n) is 4.92. The van der Waals surface area contributed by atoms with Crippen molar-refractivity contribution in [1.82, 2.24) is 0 Å². The van der Waals surface area contributed by atoms with Crippen LogP contribution in [0.15, 0.2) is 0 Å². The molecule has 0 bridgehead atoms. The van der Waals surface area contributed by atoms with Crippen molar-refractivity contribution < 1.29 is 25.3 Å². The molecule has 0 aromatic rings. The van der Waals surface area contributed by atoms with Gasteiger partial charge in [0.2, 0.25) is 0 Å². The topological polar surface area (TPSA) is 57.2 Å². The number of rotatable bonds is 16. The molecule has 0 heterocycles. The maximum absolute atomic E-state index is 7.74. The van der Waals surface area contributed by atoms with Gasteiger partial charge in [0.25, 0.3) is 0 Å². The highest BCUT2D eigenvalue weighted by Gasteiger charge is 1.94. The summed E-state index contributed by atoms with van der Waals surface area (Å²) in [7, 11) is 0. The Labute approximate surface area is 116 Å². The second-order valence-corrected chi connectivity index (χ2v) is 4.92. The summed E-state index contributed by atoms with van der Waals surface area (Å²) in [5.41, 5.74) is 0. The van der Waals surface area contributed by atoms with Gasteiger partial charge in [0, 0.05) is 0 Å². The van der Waals surface area contributed by atoms with Crippen LogP contribution in [0.5, 0.6) is 0 Å². The highest BCUT2D eigenvalue weighted by molar-refractivity contribution is 4.48. The first-order valence-corrected chi connectivity index (χ1v) is 7.68. The molecule has 0 saturated carbocycles. The first kappa shape index (κ1) is 18.8. The average Bonchev–Trinajstić information content (AvgIpc) is 2.43. The van der Waals surface area contributed by atoms with Crippen LogP contribution in [0.1, 0.15) is 84.0 Å². The Morgan fingerprint density at radius 3 is 1.58 bits per heavy atom. The second kappa shape index (κ2) is 17.8. The van der Waals surface area contributed by atoms with Gasteiger partial charge in [0.15, 0.2) is 0 Å². The summed E-state index contributed by atoms with van der Waals surface area (Å²) in [6.07, 6.45) is 15.6.